The molecule has 2 aromatic rings. The lowest BCUT2D eigenvalue weighted by atomic mass is 10.1. The highest BCUT2D eigenvalue weighted by Gasteiger charge is 2.24. The van der Waals surface area contributed by atoms with Gasteiger partial charge in [-0.3, -0.25) is 0 Å². The van der Waals surface area contributed by atoms with Crippen LogP contribution in [0.5, 0.6) is 0 Å². The lowest BCUT2D eigenvalue weighted by molar-refractivity contribution is -0.138. The molecule has 0 fully saturated rings. The molecule has 0 spiro atoms. The fourth-order valence-corrected chi connectivity index (χ4v) is 1.99. The van der Waals surface area contributed by atoms with Gasteiger partial charge in [0.25, 0.3) is 0 Å². The van der Waals surface area contributed by atoms with Gasteiger partial charge in [0.15, 0.2) is 6.04 Å². The molecule has 0 aliphatic carbocycles. The summed E-state index contributed by atoms with van der Waals surface area (Å²) in [6.07, 6.45) is 0. The molecule has 5 heteroatoms. The summed E-state index contributed by atoms with van der Waals surface area (Å²) < 4.78 is 12.9. The third-order valence-electron chi connectivity index (χ3n) is 2.97. The molecule has 0 bridgehead atoms. The second-order valence-corrected chi connectivity index (χ2v) is 4.24. The molecular weight excluding hydrogens is 281 g/mol. The fourth-order valence-electron chi connectivity index (χ4n) is 1.99. The van der Waals surface area contributed by atoms with Gasteiger partial charge in [-0.25, -0.2) is 9.18 Å². The van der Waals surface area contributed by atoms with E-state index >= 15 is 0 Å². The van der Waals surface area contributed by atoms with Crippen molar-refractivity contribution in [3.8, 4) is 0 Å². The van der Waals surface area contributed by atoms with Crippen LogP contribution in [0.3, 0.4) is 0 Å². The first-order valence-electron chi connectivity index (χ1n) is 5.86. The van der Waals surface area contributed by atoms with Crippen molar-refractivity contribution in [1.82, 2.24) is 0 Å². The summed E-state index contributed by atoms with van der Waals surface area (Å²) in [5.74, 6) is -1.29. The maximum atomic E-state index is 12.9. The predicted octanol–water partition coefficient (Wildman–Crippen LogP) is 3.51. The number of hydrogen-bond donors (Lipinski definition) is 1. The van der Waals surface area contributed by atoms with Crippen molar-refractivity contribution in [3.05, 3.63) is 66.0 Å². The number of hydrogen-bond acceptors (Lipinski definition) is 2. The Balaban J connectivity index is 0.00000200. The van der Waals surface area contributed by atoms with E-state index in [1.807, 2.05) is 6.07 Å². The highest BCUT2D eigenvalue weighted by atomic mass is 35.5. The molecule has 1 N–H and O–H groups in total. The molecule has 2 aromatic carbocycles. The van der Waals surface area contributed by atoms with Crippen LogP contribution in [0.4, 0.5) is 10.1 Å². The van der Waals surface area contributed by atoms with Gasteiger partial charge in [0.05, 0.1) is 0 Å². The van der Waals surface area contributed by atoms with Crippen LogP contribution in [0.15, 0.2) is 54.6 Å². The first-order valence-corrected chi connectivity index (χ1v) is 5.86. The summed E-state index contributed by atoms with van der Waals surface area (Å²) in [4.78, 5) is 13.1. The Morgan fingerprint density at radius 3 is 2.15 bits per heavy atom. The highest BCUT2D eigenvalue weighted by Crippen LogP contribution is 2.25. The number of anilines is 1. The van der Waals surface area contributed by atoms with Crippen molar-refractivity contribution in [3.63, 3.8) is 0 Å². The number of carbonyl (C=O) groups is 1. The van der Waals surface area contributed by atoms with Crippen molar-refractivity contribution < 1.29 is 14.3 Å². The molecule has 0 amide bonds. The molecule has 20 heavy (non-hydrogen) atoms. The Hall–Kier alpha value is -2.07. The van der Waals surface area contributed by atoms with Crippen molar-refractivity contribution in [1.29, 1.82) is 0 Å². The van der Waals surface area contributed by atoms with Crippen LogP contribution in [0, 0.1) is 5.82 Å². The van der Waals surface area contributed by atoms with E-state index in [0.717, 1.165) is 0 Å². The van der Waals surface area contributed by atoms with Gasteiger partial charge < -0.3 is 10.0 Å². The van der Waals surface area contributed by atoms with Gasteiger partial charge in [-0.2, -0.15) is 0 Å². The molecule has 3 nitrogen and oxygen atoms in total. The molecule has 0 saturated heterocycles. The summed E-state index contributed by atoms with van der Waals surface area (Å²) in [7, 11) is 1.68. The highest BCUT2D eigenvalue weighted by molar-refractivity contribution is 5.85. The van der Waals surface area contributed by atoms with Gasteiger partial charge >= 0.3 is 5.97 Å². The van der Waals surface area contributed by atoms with Crippen LogP contribution >= 0.6 is 12.4 Å². The molecule has 0 aromatic heterocycles. The van der Waals surface area contributed by atoms with Crippen molar-refractivity contribution >= 4 is 24.1 Å². The van der Waals surface area contributed by atoms with Crippen LogP contribution in [-0.2, 0) is 4.79 Å². The molecular formula is C15H15ClFNO2. The van der Waals surface area contributed by atoms with Crippen LogP contribution in [0.25, 0.3) is 0 Å². The number of carboxylic acid groups (broad SMARTS) is 1. The number of likely N-dealkylation sites (N-methyl/N-ethyl adjacent to an activating group) is 1. The average molecular weight is 296 g/mol. The zero-order valence-electron chi connectivity index (χ0n) is 10.9. The monoisotopic (exact) mass is 295 g/mol. The number of carboxylic acids is 1. The summed E-state index contributed by atoms with van der Waals surface area (Å²) in [5, 5.41) is 9.40. The molecule has 0 radical (unpaired) electrons. The minimum Gasteiger partial charge on any atom is -0.479 e. The Kier molecular flexibility index (Phi) is 5.53. The van der Waals surface area contributed by atoms with Crippen LogP contribution < -0.4 is 4.90 Å². The van der Waals surface area contributed by atoms with E-state index in [9.17, 15) is 14.3 Å². The van der Waals surface area contributed by atoms with E-state index in [4.69, 9.17) is 0 Å². The standard InChI is InChI=1S/C15H14FNO2.ClH/c1-17(13-9-7-12(16)8-10-13)14(15(18)19)11-5-3-2-4-6-11;/h2-10,14H,1H3,(H,18,19);1H. The van der Waals surface area contributed by atoms with E-state index in [2.05, 4.69) is 0 Å². The largest absolute Gasteiger partial charge is 0.479 e. The average Bonchev–Trinajstić information content (AvgIpc) is 2.40. The topological polar surface area (TPSA) is 40.5 Å². The number of rotatable bonds is 4. The minimum absolute atomic E-state index is 0. The van der Waals surface area contributed by atoms with Crippen molar-refractivity contribution in [2.24, 2.45) is 0 Å². The number of aliphatic carboxylic acids is 1. The summed E-state index contributed by atoms with van der Waals surface area (Å²) in [6.45, 7) is 0. The fraction of sp³-hybridized carbons (Fsp3) is 0.133. The summed E-state index contributed by atoms with van der Waals surface area (Å²) in [5.41, 5.74) is 1.33. The number of nitrogens with zero attached hydrogens (tertiary/aromatic N) is 1. The number of halogens is 2. The molecule has 1 atom stereocenters. The van der Waals surface area contributed by atoms with E-state index in [1.165, 1.54) is 12.1 Å². The zero-order valence-corrected chi connectivity index (χ0v) is 11.7. The predicted molar refractivity (Wildman–Crippen MR) is 78.9 cm³/mol. The molecule has 1 unspecified atom stereocenters. The van der Waals surface area contributed by atoms with Gasteiger partial charge in [-0.05, 0) is 29.8 Å². The molecule has 0 aliphatic rings. The summed E-state index contributed by atoms with van der Waals surface area (Å²) in [6, 6.07) is 13.9. The van der Waals surface area contributed by atoms with Gasteiger partial charge in [0.1, 0.15) is 5.82 Å². The third kappa shape index (κ3) is 3.48. The van der Waals surface area contributed by atoms with Gasteiger partial charge in [-0.1, -0.05) is 30.3 Å². The first kappa shape index (κ1) is 16.0. The third-order valence-corrected chi connectivity index (χ3v) is 2.97. The minimum atomic E-state index is -0.946. The van der Waals surface area contributed by atoms with Crippen LogP contribution in [0.2, 0.25) is 0 Å². The smallest absolute Gasteiger partial charge is 0.331 e. The maximum absolute atomic E-state index is 12.9. The van der Waals surface area contributed by atoms with Gasteiger partial charge in [0.2, 0.25) is 0 Å². The van der Waals surface area contributed by atoms with E-state index in [1.54, 1.807) is 48.3 Å². The van der Waals surface area contributed by atoms with E-state index in [0.29, 0.717) is 11.3 Å². The van der Waals surface area contributed by atoms with Gasteiger partial charge in [0, 0.05) is 12.7 Å². The summed E-state index contributed by atoms with van der Waals surface area (Å²) >= 11 is 0. The van der Waals surface area contributed by atoms with Crippen molar-refractivity contribution in [2.75, 3.05) is 11.9 Å². The van der Waals surface area contributed by atoms with E-state index < -0.39 is 12.0 Å². The molecule has 0 saturated carbocycles. The molecule has 0 heterocycles. The second-order valence-electron chi connectivity index (χ2n) is 4.24. The molecule has 106 valence electrons. The molecule has 2 rings (SSSR count). The lowest BCUT2D eigenvalue weighted by Crippen LogP contribution is -2.30. The number of benzene rings is 2. The van der Waals surface area contributed by atoms with Crippen molar-refractivity contribution in [2.45, 2.75) is 6.04 Å². The Morgan fingerprint density at radius 1 is 1.10 bits per heavy atom. The van der Waals surface area contributed by atoms with Gasteiger partial charge in [-0.15, -0.1) is 12.4 Å². The van der Waals surface area contributed by atoms with Crippen LogP contribution in [-0.4, -0.2) is 18.1 Å². The maximum Gasteiger partial charge on any atom is 0.331 e. The van der Waals surface area contributed by atoms with Crippen LogP contribution in [0.1, 0.15) is 11.6 Å². The van der Waals surface area contributed by atoms with E-state index in [-0.39, 0.29) is 18.2 Å². The Labute approximate surface area is 123 Å². The SMILES string of the molecule is CN(c1ccc(F)cc1)C(C(=O)O)c1ccccc1.Cl. The molecule has 0 aliphatic heterocycles. The quantitative estimate of drug-likeness (QED) is 0.938. The Bertz CT molecular complexity index is 560. The zero-order chi connectivity index (χ0) is 13.8. The Morgan fingerprint density at radius 2 is 1.65 bits per heavy atom. The lowest BCUT2D eigenvalue weighted by Gasteiger charge is -2.27. The first-order chi connectivity index (χ1) is 9.09. The normalized spacial score (nSPS) is 11.3. The second kappa shape index (κ2) is 6.91.